The summed E-state index contributed by atoms with van der Waals surface area (Å²) in [4.78, 5) is 22.4. The van der Waals surface area contributed by atoms with Gasteiger partial charge in [-0.3, -0.25) is 9.59 Å². The summed E-state index contributed by atoms with van der Waals surface area (Å²) in [6.07, 6.45) is 1.57. The van der Waals surface area contributed by atoms with Crippen LogP contribution in [-0.2, 0) is 16.0 Å². The summed E-state index contributed by atoms with van der Waals surface area (Å²) in [7, 11) is 0. The summed E-state index contributed by atoms with van der Waals surface area (Å²) in [6, 6.07) is 8.14. The lowest BCUT2D eigenvalue weighted by Gasteiger charge is -2.32. The van der Waals surface area contributed by atoms with Crippen molar-refractivity contribution in [1.82, 2.24) is 10.6 Å². The fourth-order valence-electron chi connectivity index (χ4n) is 2.60. The second kappa shape index (κ2) is 5.21. The van der Waals surface area contributed by atoms with Gasteiger partial charge in [0.15, 0.2) is 0 Å². The number of hydrogen-bond donors (Lipinski definition) is 2. The molecule has 1 aliphatic carbocycles. The Bertz CT molecular complexity index is 471. The van der Waals surface area contributed by atoms with Gasteiger partial charge in [-0.25, -0.2) is 0 Å². The number of carbonyl (C=O) groups is 2. The molecule has 4 heteroatoms. The zero-order valence-corrected chi connectivity index (χ0v) is 10.7. The summed E-state index contributed by atoms with van der Waals surface area (Å²) >= 11 is 0. The average molecular weight is 246 g/mol. The smallest absolute Gasteiger partial charge is 0.217 e. The minimum absolute atomic E-state index is 0.00991. The van der Waals surface area contributed by atoms with Crippen molar-refractivity contribution in [2.24, 2.45) is 0 Å². The third-order valence-electron chi connectivity index (χ3n) is 3.20. The van der Waals surface area contributed by atoms with E-state index in [1.165, 1.54) is 19.4 Å². The Hall–Kier alpha value is -1.84. The third kappa shape index (κ3) is 2.88. The Balaban J connectivity index is 2.23. The van der Waals surface area contributed by atoms with E-state index in [1.54, 1.807) is 0 Å². The van der Waals surface area contributed by atoms with E-state index in [-0.39, 0.29) is 23.9 Å². The number of rotatable bonds is 2. The van der Waals surface area contributed by atoms with Crippen molar-refractivity contribution >= 4 is 11.8 Å². The van der Waals surface area contributed by atoms with Gasteiger partial charge in [0.2, 0.25) is 11.8 Å². The molecular weight excluding hydrogens is 228 g/mol. The summed E-state index contributed by atoms with van der Waals surface area (Å²) in [5.41, 5.74) is 2.36. The van der Waals surface area contributed by atoms with Gasteiger partial charge in [-0.1, -0.05) is 24.3 Å². The minimum atomic E-state index is -0.0433. The predicted octanol–water partition coefficient (Wildman–Crippen LogP) is 1.31. The molecular formula is C14H18N2O2. The maximum atomic E-state index is 11.3. The Morgan fingerprint density at radius 1 is 1.11 bits per heavy atom. The SMILES string of the molecule is CC(=O)N[C@H]1Cc2ccccc2[C@H](NC(C)=O)C1. The maximum Gasteiger partial charge on any atom is 0.217 e. The highest BCUT2D eigenvalue weighted by Crippen LogP contribution is 2.29. The molecule has 2 N–H and O–H groups in total. The fourth-order valence-corrected chi connectivity index (χ4v) is 2.60. The van der Waals surface area contributed by atoms with Crippen molar-refractivity contribution < 1.29 is 9.59 Å². The van der Waals surface area contributed by atoms with Crippen LogP contribution in [0.4, 0.5) is 0 Å². The van der Waals surface area contributed by atoms with E-state index in [0.717, 1.165) is 18.4 Å². The van der Waals surface area contributed by atoms with Gasteiger partial charge in [-0.2, -0.15) is 0 Å². The van der Waals surface area contributed by atoms with Crippen LogP contribution in [0, 0.1) is 0 Å². The van der Waals surface area contributed by atoms with Crippen LogP contribution < -0.4 is 10.6 Å². The molecule has 0 aromatic heterocycles. The number of fused-ring (bicyclic) bond motifs is 1. The summed E-state index contributed by atoms with van der Waals surface area (Å²) < 4.78 is 0. The molecule has 2 amide bonds. The Morgan fingerprint density at radius 3 is 2.44 bits per heavy atom. The molecule has 0 saturated heterocycles. The van der Waals surface area contributed by atoms with E-state index in [1.807, 2.05) is 18.2 Å². The van der Waals surface area contributed by atoms with Gasteiger partial charge in [0.25, 0.3) is 0 Å². The highest BCUT2D eigenvalue weighted by atomic mass is 16.2. The van der Waals surface area contributed by atoms with Crippen molar-refractivity contribution in [3.8, 4) is 0 Å². The summed E-state index contributed by atoms with van der Waals surface area (Å²) in [5.74, 6) is -0.0702. The van der Waals surface area contributed by atoms with Crippen LogP contribution in [0.25, 0.3) is 0 Å². The zero-order chi connectivity index (χ0) is 13.1. The van der Waals surface area contributed by atoms with Crippen LogP contribution in [0.3, 0.4) is 0 Å². The molecule has 0 bridgehead atoms. The molecule has 0 saturated carbocycles. The molecule has 96 valence electrons. The van der Waals surface area contributed by atoms with Crippen LogP contribution >= 0.6 is 0 Å². The van der Waals surface area contributed by atoms with Crippen LogP contribution in [0.5, 0.6) is 0 Å². The van der Waals surface area contributed by atoms with E-state index in [2.05, 4.69) is 16.7 Å². The van der Waals surface area contributed by atoms with Crippen LogP contribution in [0.2, 0.25) is 0 Å². The van der Waals surface area contributed by atoms with Crippen LogP contribution in [-0.4, -0.2) is 17.9 Å². The first-order valence-electron chi connectivity index (χ1n) is 6.18. The average Bonchev–Trinajstić information content (AvgIpc) is 2.27. The normalized spacial score (nSPS) is 21.9. The molecule has 0 fully saturated rings. The molecule has 2 rings (SSSR count). The van der Waals surface area contributed by atoms with Crippen molar-refractivity contribution in [3.05, 3.63) is 35.4 Å². The van der Waals surface area contributed by atoms with Gasteiger partial charge in [0, 0.05) is 19.9 Å². The van der Waals surface area contributed by atoms with Crippen LogP contribution in [0.1, 0.15) is 37.4 Å². The van der Waals surface area contributed by atoms with E-state index < -0.39 is 0 Å². The van der Waals surface area contributed by atoms with E-state index in [0.29, 0.717) is 0 Å². The molecule has 0 heterocycles. The number of hydrogen-bond acceptors (Lipinski definition) is 2. The highest BCUT2D eigenvalue weighted by Gasteiger charge is 2.27. The van der Waals surface area contributed by atoms with E-state index in [9.17, 15) is 9.59 Å². The zero-order valence-electron chi connectivity index (χ0n) is 10.7. The summed E-state index contributed by atoms with van der Waals surface area (Å²) in [6.45, 7) is 3.04. The Morgan fingerprint density at radius 2 is 1.78 bits per heavy atom. The minimum Gasteiger partial charge on any atom is -0.353 e. The molecule has 0 aliphatic heterocycles. The van der Waals surface area contributed by atoms with Crippen molar-refractivity contribution in [2.45, 2.75) is 38.8 Å². The second-order valence-corrected chi connectivity index (χ2v) is 4.79. The lowest BCUT2D eigenvalue weighted by Crippen LogP contribution is -2.42. The first-order valence-corrected chi connectivity index (χ1v) is 6.18. The standard InChI is InChI=1S/C14H18N2O2/c1-9(17)15-12-7-11-5-3-4-6-13(11)14(8-12)16-10(2)18/h3-6,12,14H,7-8H2,1-2H3,(H,15,17)(H,16,18)/t12-,14+/m0/s1. The number of benzene rings is 1. The molecule has 2 atom stereocenters. The molecule has 1 aromatic rings. The van der Waals surface area contributed by atoms with Gasteiger partial charge < -0.3 is 10.6 Å². The molecule has 0 radical (unpaired) electrons. The largest absolute Gasteiger partial charge is 0.353 e. The van der Waals surface area contributed by atoms with Crippen molar-refractivity contribution in [2.75, 3.05) is 0 Å². The van der Waals surface area contributed by atoms with Gasteiger partial charge in [-0.05, 0) is 24.0 Å². The Labute approximate surface area is 107 Å². The lowest BCUT2D eigenvalue weighted by atomic mass is 9.84. The predicted molar refractivity (Wildman–Crippen MR) is 68.9 cm³/mol. The van der Waals surface area contributed by atoms with Gasteiger partial charge >= 0.3 is 0 Å². The monoisotopic (exact) mass is 246 g/mol. The molecule has 0 spiro atoms. The highest BCUT2D eigenvalue weighted by molar-refractivity contribution is 5.74. The van der Waals surface area contributed by atoms with Gasteiger partial charge in [0.05, 0.1) is 6.04 Å². The van der Waals surface area contributed by atoms with Crippen LogP contribution in [0.15, 0.2) is 24.3 Å². The molecule has 1 aliphatic rings. The lowest BCUT2D eigenvalue weighted by molar-refractivity contribution is -0.119. The second-order valence-electron chi connectivity index (χ2n) is 4.79. The quantitative estimate of drug-likeness (QED) is 0.826. The number of nitrogens with one attached hydrogen (secondary N) is 2. The summed E-state index contributed by atoms with van der Waals surface area (Å²) in [5, 5.41) is 5.89. The first-order chi connectivity index (χ1) is 8.56. The van der Waals surface area contributed by atoms with Crippen molar-refractivity contribution in [1.29, 1.82) is 0 Å². The first kappa shape index (κ1) is 12.6. The Kier molecular flexibility index (Phi) is 3.65. The van der Waals surface area contributed by atoms with E-state index >= 15 is 0 Å². The number of carbonyl (C=O) groups excluding carboxylic acids is 2. The maximum absolute atomic E-state index is 11.3. The number of amides is 2. The van der Waals surface area contributed by atoms with Crippen molar-refractivity contribution in [3.63, 3.8) is 0 Å². The van der Waals surface area contributed by atoms with Gasteiger partial charge in [-0.15, -0.1) is 0 Å². The van der Waals surface area contributed by atoms with E-state index in [4.69, 9.17) is 0 Å². The molecule has 1 aromatic carbocycles. The fraction of sp³-hybridized carbons (Fsp3) is 0.429. The molecule has 0 unspecified atom stereocenters. The van der Waals surface area contributed by atoms with Gasteiger partial charge in [0.1, 0.15) is 0 Å². The molecule has 4 nitrogen and oxygen atoms in total. The topological polar surface area (TPSA) is 58.2 Å². The molecule has 18 heavy (non-hydrogen) atoms. The third-order valence-corrected chi connectivity index (χ3v) is 3.20.